The fraction of sp³-hybridized carbons (Fsp3) is 0.909. The molecular formula is C11H16F4O2. The van der Waals surface area contributed by atoms with Crippen LogP contribution in [-0.4, -0.2) is 24.9 Å². The first kappa shape index (κ1) is 14.3. The van der Waals surface area contributed by atoms with Crippen molar-refractivity contribution in [2.75, 3.05) is 6.61 Å². The van der Waals surface area contributed by atoms with E-state index in [4.69, 9.17) is 0 Å². The summed E-state index contributed by atoms with van der Waals surface area (Å²) in [4.78, 5) is 11.6. The third-order valence-electron chi connectivity index (χ3n) is 3.13. The average Bonchev–Trinajstić information content (AvgIpc) is 2.66. The van der Waals surface area contributed by atoms with Crippen LogP contribution in [0.2, 0.25) is 0 Å². The predicted molar refractivity (Wildman–Crippen MR) is 53.0 cm³/mol. The second-order valence-electron chi connectivity index (χ2n) is 5.02. The van der Waals surface area contributed by atoms with Crippen LogP contribution in [-0.2, 0) is 9.53 Å². The van der Waals surface area contributed by atoms with E-state index in [0.717, 1.165) is 0 Å². The smallest absolute Gasteiger partial charge is 0.422 e. The molecule has 0 aromatic heterocycles. The summed E-state index contributed by atoms with van der Waals surface area (Å²) in [6.07, 6.45) is -5.75. The number of carbonyl (C=O) groups is 1. The van der Waals surface area contributed by atoms with Crippen LogP contribution < -0.4 is 0 Å². The molecule has 0 bridgehead atoms. The molecule has 0 N–H and O–H groups in total. The van der Waals surface area contributed by atoms with Gasteiger partial charge in [-0.3, -0.25) is 4.79 Å². The van der Waals surface area contributed by atoms with E-state index in [1.54, 1.807) is 13.8 Å². The zero-order valence-electron chi connectivity index (χ0n) is 9.97. The van der Waals surface area contributed by atoms with Crippen LogP contribution >= 0.6 is 0 Å². The van der Waals surface area contributed by atoms with Gasteiger partial charge in [0.25, 0.3) is 0 Å². The number of carbonyl (C=O) groups excluding carboxylic acids is 1. The van der Waals surface area contributed by atoms with Crippen LogP contribution in [0.15, 0.2) is 0 Å². The van der Waals surface area contributed by atoms with Crippen molar-refractivity contribution in [1.29, 1.82) is 0 Å². The zero-order valence-corrected chi connectivity index (χ0v) is 9.97. The number of hydrogen-bond donors (Lipinski definition) is 0. The summed E-state index contributed by atoms with van der Waals surface area (Å²) in [6, 6.07) is 0. The molecule has 1 saturated carbocycles. The molecule has 0 heterocycles. The largest absolute Gasteiger partial charge is 0.456 e. The van der Waals surface area contributed by atoms with Gasteiger partial charge in [-0.2, -0.15) is 13.2 Å². The van der Waals surface area contributed by atoms with Crippen molar-refractivity contribution in [3.63, 3.8) is 0 Å². The Morgan fingerprint density at radius 1 is 1.41 bits per heavy atom. The van der Waals surface area contributed by atoms with Gasteiger partial charge >= 0.3 is 12.1 Å². The van der Waals surface area contributed by atoms with E-state index in [9.17, 15) is 22.4 Å². The van der Waals surface area contributed by atoms with Crippen LogP contribution in [0, 0.1) is 17.3 Å². The molecule has 0 aliphatic heterocycles. The Balaban J connectivity index is 2.65. The summed E-state index contributed by atoms with van der Waals surface area (Å²) in [6.45, 7) is 3.44. The van der Waals surface area contributed by atoms with Crippen molar-refractivity contribution in [2.45, 2.75) is 39.5 Å². The standard InChI is InChI=1S/C11H16F4O2/c1-6(2)4-10(7(3)8(10)12)9(16)17-5-11(13,14)15/h6-8H,4-5H2,1-3H3/t7?,8-,10?/m1/s1. The topological polar surface area (TPSA) is 26.3 Å². The molecule has 0 radical (unpaired) electrons. The van der Waals surface area contributed by atoms with Gasteiger partial charge in [0.05, 0.1) is 0 Å². The Morgan fingerprint density at radius 3 is 2.18 bits per heavy atom. The molecule has 0 spiro atoms. The quantitative estimate of drug-likeness (QED) is 0.570. The first-order valence-electron chi connectivity index (χ1n) is 5.49. The van der Waals surface area contributed by atoms with Gasteiger partial charge in [0, 0.05) is 5.92 Å². The van der Waals surface area contributed by atoms with Crippen molar-refractivity contribution < 1.29 is 27.1 Å². The summed E-state index contributed by atoms with van der Waals surface area (Å²) in [5, 5.41) is 0. The van der Waals surface area contributed by atoms with Gasteiger partial charge in [-0.25, -0.2) is 4.39 Å². The number of ether oxygens (including phenoxy) is 1. The van der Waals surface area contributed by atoms with E-state index >= 15 is 0 Å². The fourth-order valence-corrected chi connectivity index (χ4v) is 2.21. The molecule has 1 aliphatic carbocycles. The van der Waals surface area contributed by atoms with Gasteiger partial charge in [0.2, 0.25) is 0 Å². The van der Waals surface area contributed by atoms with Crippen LogP contribution in [0.25, 0.3) is 0 Å². The molecule has 0 saturated heterocycles. The number of alkyl halides is 4. The molecule has 2 nitrogen and oxygen atoms in total. The average molecular weight is 256 g/mol. The molecule has 17 heavy (non-hydrogen) atoms. The second kappa shape index (κ2) is 4.46. The van der Waals surface area contributed by atoms with Gasteiger partial charge in [0.1, 0.15) is 11.6 Å². The summed E-state index contributed by atoms with van der Waals surface area (Å²) >= 11 is 0. The molecular weight excluding hydrogens is 240 g/mol. The second-order valence-corrected chi connectivity index (χ2v) is 5.02. The minimum absolute atomic E-state index is 0.0247. The highest BCUT2D eigenvalue weighted by atomic mass is 19.4. The Hall–Kier alpha value is -0.810. The Kier molecular flexibility index (Phi) is 3.74. The van der Waals surface area contributed by atoms with Gasteiger partial charge in [0.15, 0.2) is 6.61 Å². The minimum Gasteiger partial charge on any atom is -0.456 e. The van der Waals surface area contributed by atoms with E-state index in [2.05, 4.69) is 4.74 Å². The highest BCUT2D eigenvalue weighted by Crippen LogP contribution is 2.59. The van der Waals surface area contributed by atoms with Crippen molar-refractivity contribution >= 4 is 5.97 Å². The highest BCUT2D eigenvalue weighted by molar-refractivity contribution is 5.82. The first-order chi connectivity index (χ1) is 7.61. The van der Waals surface area contributed by atoms with Gasteiger partial charge in [-0.05, 0) is 12.3 Å². The molecule has 1 rings (SSSR count). The summed E-state index contributed by atoms with van der Waals surface area (Å²) in [7, 11) is 0. The van der Waals surface area contributed by atoms with Gasteiger partial charge in [-0.1, -0.05) is 20.8 Å². The Labute approximate surface area is 97.3 Å². The van der Waals surface area contributed by atoms with E-state index in [1.807, 2.05) is 0 Å². The molecule has 0 aromatic carbocycles. The minimum atomic E-state index is -4.57. The van der Waals surface area contributed by atoms with Crippen molar-refractivity contribution in [3.8, 4) is 0 Å². The van der Waals surface area contributed by atoms with Crippen molar-refractivity contribution in [3.05, 3.63) is 0 Å². The third kappa shape index (κ3) is 2.90. The molecule has 1 aliphatic rings. The molecule has 2 unspecified atom stereocenters. The van der Waals surface area contributed by atoms with E-state index < -0.39 is 36.3 Å². The van der Waals surface area contributed by atoms with Crippen LogP contribution in [0.5, 0.6) is 0 Å². The van der Waals surface area contributed by atoms with Crippen LogP contribution in [0.1, 0.15) is 27.2 Å². The van der Waals surface area contributed by atoms with Crippen molar-refractivity contribution in [2.24, 2.45) is 17.3 Å². The summed E-state index contributed by atoms with van der Waals surface area (Å²) in [5.41, 5.74) is -1.36. The molecule has 3 atom stereocenters. The molecule has 100 valence electrons. The highest BCUT2D eigenvalue weighted by Gasteiger charge is 2.69. The molecule has 0 aromatic rings. The van der Waals surface area contributed by atoms with Gasteiger partial charge < -0.3 is 4.74 Å². The lowest BCUT2D eigenvalue weighted by atomic mass is 9.92. The molecule has 6 heteroatoms. The molecule has 0 amide bonds. The number of hydrogen-bond acceptors (Lipinski definition) is 2. The number of esters is 1. The lowest BCUT2D eigenvalue weighted by Crippen LogP contribution is -2.29. The lowest BCUT2D eigenvalue weighted by Gasteiger charge is -2.18. The fourth-order valence-electron chi connectivity index (χ4n) is 2.21. The summed E-state index contributed by atoms with van der Waals surface area (Å²) in [5.74, 6) is -1.61. The van der Waals surface area contributed by atoms with E-state index in [1.165, 1.54) is 6.92 Å². The maximum Gasteiger partial charge on any atom is 0.422 e. The van der Waals surface area contributed by atoms with Crippen LogP contribution in [0.4, 0.5) is 17.6 Å². The molecule has 1 fully saturated rings. The van der Waals surface area contributed by atoms with Gasteiger partial charge in [-0.15, -0.1) is 0 Å². The van der Waals surface area contributed by atoms with E-state index in [-0.39, 0.29) is 12.3 Å². The first-order valence-corrected chi connectivity index (χ1v) is 5.49. The third-order valence-corrected chi connectivity index (χ3v) is 3.13. The van der Waals surface area contributed by atoms with E-state index in [0.29, 0.717) is 0 Å². The maximum atomic E-state index is 13.5. The lowest BCUT2D eigenvalue weighted by molar-refractivity contribution is -0.191. The monoisotopic (exact) mass is 256 g/mol. The zero-order chi connectivity index (χ0) is 13.4. The number of halogens is 4. The number of rotatable bonds is 4. The SMILES string of the molecule is CC(C)CC1(C(=O)OCC(F)(F)F)C(C)[C@H]1F. The summed E-state index contributed by atoms with van der Waals surface area (Å²) < 4.78 is 53.4. The predicted octanol–water partition coefficient (Wildman–Crippen LogP) is 3.11. The Bertz CT molecular complexity index is 290. The van der Waals surface area contributed by atoms with Crippen LogP contribution in [0.3, 0.4) is 0 Å². The van der Waals surface area contributed by atoms with Crippen molar-refractivity contribution in [1.82, 2.24) is 0 Å². The maximum absolute atomic E-state index is 13.5. The Morgan fingerprint density at radius 2 is 1.88 bits per heavy atom. The normalized spacial score (nSPS) is 32.7.